The van der Waals surface area contributed by atoms with Gasteiger partial charge in [0.1, 0.15) is 12.2 Å². The van der Waals surface area contributed by atoms with Crippen molar-refractivity contribution in [2.45, 2.75) is 12.3 Å². The first-order valence-corrected chi connectivity index (χ1v) is 7.60. The van der Waals surface area contributed by atoms with E-state index in [4.69, 9.17) is 5.11 Å². The van der Waals surface area contributed by atoms with Crippen molar-refractivity contribution in [3.05, 3.63) is 47.5 Å². The molecule has 0 aliphatic carbocycles. The van der Waals surface area contributed by atoms with Crippen molar-refractivity contribution < 1.29 is 18.3 Å². The van der Waals surface area contributed by atoms with E-state index in [-0.39, 0.29) is 17.9 Å². The van der Waals surface area contributed by atoms with Crippen molar-refractivity contribution in [2.75, 3.05) is 7.05 Å². The molecule has 9 heteroatoms. The Morgan fingerprint density at radius 2 is 2.19 bits per heavy atom. The highest BCUT2D eigenvalue weighted by atomic mass is 32.2. The standard InChI is InChI=1S/C12H14N4O4S/c1-16(6-11-13-8-14-15-11)21(19,20)7-9-3-2-4-10(5-9)12(17)18/h2-5,8H,6-7H2,1H3,(H,17,18)(H,13,14,15). The zero-order valence-electron chi connectivity index (χ0n) is 11.2. The minimum atomic E-state index is -3.58. The van der Waals surface area contributed by atoms with Gasteiger partial charge in [-0.2, -0.15) is 9.40 Å². The summed E-state index contributed by atoms with van der Waals surface area (Å²) in [5.41, 5.74) is 0.472. The minimum absolute atomic E-state index is 0.0561. The number of rotatable bonds is 6. The minimum Gasteiger partial charge on any atom is -0.478 e. The Morgan fingerprint density at radius 1 is 1.43 bits per heavy atom. The Hall–Kier alpha value is -2.26. The number of aromatic amines is 1. The Morgan fingerprint density at radius 3 is 2.81 bits per heavy atom. The Kier molecular flexibility index (Phi) is 4.34. The first-order valence-electron chi connectivity index (χ1n) is 5.99. The topological polar surface area (TPSA) is 116 Å². The lowest BCUT2D eigenvalue weighted by Crippen LogP contribution is -2.28. The van der Waals surface area contributed by atoms with E-state index < -0.39 is 16.0 Å². The number of carbonyl (C=O) groups is 1. The van der Waals surface area contributed by atoms with Crippen LogP contribution in [0.25, 0.3) is 0 Å². The highest BCUT2D eigenvalue weighted by Crippen LogP contribution is 2.13. The lowest BCUT2D eigenvalue weighted by Gasteiger charge is -2.15. The van der Waals surface area contributed by atoms with Crippen molar-refractivity contribution in [3.63, 3.8) is 0 Å². The molecule has 0 aliphatic rings. The van der Waals surface area contributed by atoms with E-state index in [2.05, 4.69) is 15.2 Å². The zero-order valence-corrected chi connectivity index (χ0v) is 12.0. The Bertz CT molecular complexity index is 727. The number of sulfonamides is 1. The number of H-pyrrole nitrogens is 1. The summed E-state index contributed by atoms with van der Waals surface area (Å²) in [4.78, 5) is 14.7. The van der Waals surface area contributed by atoms with E-state index in [1.807, 2.05) is 0 Å². The molecule has 8 nitrogen and oxygen atoms in total. The van der Waals surface area contributed by atoms with Gasteiger partial charge in [0.25, 0.3) is 0 Å². The molecule has 0 bridgehead atoms. The van der Waals surface area contributed by atoms with Crippen molar-refractivity contribution in [3.8, 4) is 0 Å². The van der Waals surface area contributed by atoms with Gasteiger partial charge in [0.05, 0.1) is 17.9 Å². The number of aromatic carboxylic acids is 1. The average molecular weight is 310 g/mol. The van der Waals surface area contributed by atoms with Gasteiger partial charge in [-0.1, -0.05) is 12.1 Å². The van der Waals surface area contributed by atoms with E-state index in [1.54, 1.807) is 6.07 Å². The summed E-state index contributed by atoms with van der Waals surface area (Å²) in [5.74, 6) is -0.941. The first-order chi connectivity index (χ1) is 9.88. The van der Waals surface area contributed by atoms with Crippen molar-refractivity contribution in [1.29, 1.82) is 0 Å². The third-order valence-corrected chi connectivity index (χ3v) is 4.61. The maximum absolute atomic E-state index is 12.2. The molecule has 2 aromatic rings. The normalized spacial score (nSPS) is 11.7. The molecule has 21 heavy (non-hydrogen) atoms. The Labute approximate surface area is 121 Å². The second-order valence-electron chi connectivity index (χ2n) is 4.45. The summed E-state index contributed by atoms with van der Waals surface area (Å²) in [5, 5.41) is 15.1. The molecule has 0 spiro atoms. The van der Waals surface area contributed by atoms with Crippen LogP contribution in [0.4, 0.5) is 0 Å². The van der Waals surface area contributed by atoms with E-state index in [1.165, 1.54) is 31.6 Å². The Balaban J connectivity index is 2.13. The number of aromatic nitrogens is 3. The fourth-order valence-electron chi connectivity index (χ4n) is 1.73. The maximum atomic E-state index is 12.2. The lowest BCUT2D eigenvalue weighted by molar-refractivity contribution is 0.0696. The van der Waals surface area contributed by atoms with Crippen LogP contribution in [0.1, 0.15) is 21.7 Å². The fourth-order valence-corrected chi connectivity index (χ4v) is 2.87. The molecule has 1 heterocycles. The second-order valence-corrected chi connectivity index (χ2v) is 6.53. The zero-order chi connectivity index (χ0) is 15.5. The fraction of sp³-hybridized carbons (Fsp3) is 0.250. The molecule has 0 fully saturated rings. The van der Waals surface area contributed by atoms with E-state index >= 15 is 0 Å². The van der Waals surface area contributed by atoms with Gasteiger partial charge in [-0.3, -0.25) is 5.10 Å². The first kappa shape index (κ1) is 15.1. The van der Waals surface area contributed by atoms with Crippen LogP contribution in [0.2, 0.25) is 0 Å². The third-order valence-electron chi connectivity index (χ3n) is 2.84. The van der Waals surface area contributed by atoms with Crippen molar-refractivity contribution >= 4 is 16.0 Å². The number of hydrogen-bond acceptors (Lipinski definition) is 5. The number of nitrogens with zero attached hydrogens (tertiary/aromatic N) is 3. The van der Waals surface area contributed by atoms with E-state index in [0.29, 0.717) is 11.4 Å². The molecule has 0 unspecified atom stereocenters. The molecule has 1 aromatic carbocycles. The SMILES string of the molecule is CN(Cc1ncn[nH]1)S(=O)(=O)Cc1cccc(C(=O)O)c1. The van der Waals surface area contributed by atoms with Crippen LogP contribution < -0.4 is 0 Å². The highest BCUT2D eigenvalue weighted by molar-refractivity contribution is 7.88. The van der Waals surface area contributed by atoms with Gasteiger partial charge in [-0.25, -0.2) is 18.2 Å². The van der Waals surface area contributed by atoms with Gasteiger partial charge >= 0.3 is 5.97 Å². The summed E-state index contributed by atoms with van der Waals surface area (Å²) in [6.07, 6.45) is 1.30. The van der Waals surface area contributed by atoms with Crippen LogP contribution >= 0.6 is 0 Å². The largest absolute Gasteiger partial charge is 0.478 e. The summed E-state index contributed by atoms with van der Waals surface area (Å²) in [6.45, 7) is 0.0704. The number of carboxylic acid groups (broad SMARTS) is 1. The molecule has 0 atom stereocenters. The summed E-state index contributed by atoms with van der Waals surface area (Å²) in [7, 11) is -2.15. The van der Waals surface area contributed by atoms with Crippen LogP contribution in [0.15, 0.2) is 30.6 Å². The molecule has 2 N–H and O–H groups in total. The molecule has 0 saturated carbocycles. The monoisotopic (exact) mass is 310 g/mol. The predicted octanol–water partition coefficient (Wildman–Crippen LogP) is 0.465. The molecule has 1 aromatic heterocycles. The molecule has 0 saturated heterocycles. The highest BCUT2D eigenvalue weighted by Gasteiger charge is 2.20. The van der Waals surface area contributed by atoms with E-state index in [0.717, 1.165) is 4.31 Å². The summed E-state index contributed by atoms with van der Waals surface area (Å²) >= 11 is 0. The van der Waals surface area contributed by atoms with Crippen LogP contribution in [0.5, 0.6) is 0 Å². The molecular formula is C12H14N4O4S. The predicted molar refractivity (Wildman–Crippen MR) is 73.9 cm³/mol. The van der Waals surface area contributed by atoms with Gasteiger partial charge < -0.3 is 5.11 Å². The number of nitrogens with one attached hydrogen (secondary N) is 1. The molecule has 0 amide bonds. The second kappa shape index (κ2) is 6.02. The van der Waals surface area contributed by atoms with E-state index in [9.17, 15) is 13.2 Å². The summed E-state index contributed by atoms with van der Waals surface area (Å²) < 4.78 is 25.6. The van der Waals surface area contributed by atoms with Gasteiger partial charge in [-0.15, -0.1) is 0 Å². The van der Waals surface area contributed by atoms with Crippen LogP contribution in [-0.2, 0) is 22.3 Å². The van der Waals surface area contributed by atoms with Crippen LogP contribution in [0, 0.1) is 0 Å². The van der Waals surface area contributed by atoms with Crippen molar-refractivity contribution in [1.82, 2.24) is 19.5 Å². The molecule has 2 rings (SSSR count). The van der Waals surface area contributed by atoms with Crippen LogP contribution in [0.3, 0.4) is 0 Å². The van der Waals surface area contributed by atoms with Gasteiger partial charge in [0.2, 0.25) is 10.0 Å². The quantitative estimate of drug-likeness (QED) is 0.801. The van der Waals surface area contributed by atoms with Crippen LogP contribution in [-0.4, -0.2) is 46.0 Å². The van der Waals surface area contributed by atoms with Gasteiger partial charge in [-0.05, 0) is 17.7 Å². The summed E-state index contributed by atoms with van der Waals surface area (Å²) in [6, 6.07) is 5.86. The molecule has 112 valence electrons. The third kappa shape index (κ3) is 3.86. The number of carboxylic acids is 1. The number of benzene rings is 1. The van der Waals surface area contributed by atoms with Gasteiger partial charge in [0, 0.05) is 7.05 Å². The smallest absolute Gasteiger partial charge is 0.335 e. The molecule has 0 radical (unpaired) electrons. The van der Waals surface area contributed by atoms with Gasteiger partial charge in [0.15, 0.2) is 0 Å². The van der Waals surface area contributed by atoms with Crippen molar-refractivity contribution in [2.24, 2.45) is 0 Å². The molecular weight excluding hydrogens is 296 g/mol. The number of hydrogen-bond donors (Lipinski definition) is 2. The molecule has 0 aliphatic heterocycles. The average Bonchev–Trinajstić information content (AvgIpc) is 2.91. The lowest BCUT2D eigenvalue weighted by atomic mass is 10.1. The maximum Gasteiger partial charge on any atom is 0.335 e.